The second-order valence-electron chi connectivity index (χ2n) is 5.31. The van der Waals surface area contributed by atoms with Crippen LogP contribution in [0.1, 0.15) is 58.2 Å². The number of carbonyl (C=O) groups is 1. The Kier molecular flexibility index (Phi) is 7.05. The van der Waals surface area contributed by atoms with Gasteiger partial charge >= 0.3 is 0 Å². The van der Waals surface area contributed by atoms with Gasteiger partial charge in [-0.05, 0) is 32.4 Å². The standard InChI is InChI=1S/C16H26N2O2.H2/c1-5-6-7-8-12-18(4)16(19)14-10-9-11-17-15(14)20-13(2)3;/h9-11,13H,5-8,12H2,1-4H3;1H/i;1+1. The zero-order valence-electron chi connectivity index (χ0n) is 13.1. The molecule has 0 aliphatic heterocycles. The fraction of sp³-hybridized carbons (Fsp3) is 0.625. The van der Waals surface area contributed by atoms with E-state index in [2.05, 4.69) is 11.9 Å². The van der Waals surface area contributed by atoms with Crippen molar-refractivity contribution in [3.05, 3.63) is 23.9 Å². The van der Waals surface area contributed by atoms with E-state index in [4.69, 9.17) is 4.74 Å². The van der Waals surface area contributed by atoms with E-state index in [9.17, 15) is 4.79 Å². The maximum Gasteiger partial charge on any atom is 0.259 e. The predicted octanol–water partition coefficient (Wildman–Crippen LogP) is 3.77. The van der Waals surface area contributed by atoms with Crippen molar-refractivity contribution in [2.75, 3.05) is 13.6 Å². The molecule has 4 heteroatoms. The van der Waals surface area contributed by atoms with Crippen LogP contribution in [0.3, 0.4) is 0 Å². The number of aromatic nitrogens is 1. The number of carbonyl (C=O) groups excluding carboxylic acids is 1. The van der Waals surface area contributed by atoms with Gasteiger partial charge in [0.25, 0.3) is 5.91 Å². The monoisotopic (exact) mass is 281 g/mol. The third kappa shape index (κ3) is 5.19. The first-order valence-electron chi connectivity index (χ1n) is 7.43. The van der Waals surface area contributed by atoms with Gasteiger partial charge < -0.3 is 9.64 Å². The highest BCUT2D eigenvalue weighted by Gasteiger charge is 2.17. The summed E-state index contributed by atoms with van der Waals surface area (Å²) in [7, 11) is 1.83. The number of pyridine rings is 1. The number of ether oxygens (including phenoxy) is 1. The van der Waals surface area contributed by atoms with Crippen molar-refractivity contribution >= 4 is 5.91 Å². The van der Waals surface area contributed by atoms with Crippen LogP contribution in [0.2, 0.25) is 0 Å². The van der Waals surface area contributed by atoms with Crippen LogP contribution in [0.15, 0.2) is 18.3 Å². The molecule has 1 rings (SSSR count). The number of amides is 1. The molecule has 0 radical (unpaired) electrons. The van der Waals surface area contributed by atoms with Gasteiger partial charge in [0.05, 0.1) is 6.10 Å². The first kappa shape index (κ1) is 16.5. The highest BCUT2D eigenvalue weighted by molar-refractivity contribution is 5.96. The van der Waals surface area contributed by atoms with Crippen LogP contribution in [-0.2, 0) is 0 Å². The van der Waals surface area contributed by atoms with E-state index in [-0.39, 0.29) is 13.4 Å². The molecule has 0 unspecified atom stereocenters. The molecule has 4 nitrogen and oxygen atoms in total. The van der Waals surface area contributed by atoms with Crippen molar-refractivity contribution < 1.29 is 11.0 Å². The summed E-state index contributed by atoms with van der Waals surface area (Å²) in [6.45, 7) is 6.81. The normalized spacial score (nSPS) is 10.7. The number of unbranched alkanes of at least 4 members (excludes halogenated alkanes) is 3. The maximum absolute atomic E-state index is 12.4. The molecule has 0 aliphatic carbocycles. The van der Waals surface area contributed by atoms with Crippen LogP contribution in [0.5, 0.6) is 5.88 Å². The Morgan fingerprint density at radius 3 is 2.80 bits per heavy atom. The van der Waals surface area contributed by atoms with Crippen LogP contribution in [-0.4, -0.2) is 35.5 Å². The minimum absolute atomic E-state index is 0. The van der Waals surface area contributed by atoms with Gasteiger partial charge in [-0.2, -0.15) is 0 Å². The van der Waals surface area contributed by atoms with Gasteiger partial charge in [0.2, 0.25) is 5.88 Å². The molecule has 1 aromatic heterocycles. The summed E-state index contributed by atoms with van der Waals surface area (Å²) in [4.78, 5) is 18.3. The lowest BCUT2D eigenvalue weighted by Crippen LogP contribution is -2.28. The lowest BCUT2D eigenvalue weighted by Gasteiger charge is -2.19. The van der Waals surface area contributed by atoms with Crippen LogP contribution < -0.4 is 4.74 Å². The lowest BCUT2D eigenvalue weighted by atomic mass is 10.2. The molecule has 0 atom stereocenters. The lowest BCUT2D eigenvalue weighted by molar-refractivity contribution is 0.0785. The second-order valence-corrected chi connectivity index (χ2v) is 5.31. The number of hydrogen-bond donors (Lipinski definition) is 0. The molecule has 0 aliphatic rings. The Labute approximate surface area is 123 Å². The van der Waals surface area contributed by atoms with Crippen molar-refractivity contribution in [3.63, 3.8) is 0 Å². The van der Waals surface area contributed by atoms with E-state index in [1.165, 1.54) is 12.8 Å². The molecule has 114 valence electrons. The van der Waals surface area contributed by atoms with Gasteiger partial charge in [0, 0.05) is 21.2 Å². The summed E-state index contributed by atoms with van der Waals surface area (Å²) in [6, 6.07) is 3.54. The molecule has 20 heavy (non-hydrogen) atoms. The number of nitrogens with zero attached hydrogens (tertiary/aromatic N) is 2. The Morgan fingerprint density at radius 2 is 2.15 bits per heavy atom. The first-order chi connectivity index (χ1) is 9.56. The molecule has 0 bridgehead atoms. The maximum atomic E-state index is 12.4. The van der Waals surface area contributed by atoms with Gasteiger partial charge in [-0.15, -0.1) is 0 Å². The molecule has 1 heterocycles. The van der Waals surface area contributed by atoms with Crippen molar-refractivity contribution in [2.24, 2.45) is 0 Å². The molecule has 0 spiro atoms. The Balaban J connectivity index is 0.00000400. The van der Waals surface area contributed by atoms with E-state index in [0.717, 1.165) is 19.4 Å². The van der Waals surface area contributed by atoms with E-state index >= 15 is 0 Å². The van der Waals surface area contributed by atoms with Gasteiger partial charge in [-0.3, -0.25) is 4.79 Å². The minimum atomic E-state index is -0.0229. The van der Waals surface area contributed by atoms with Crippen molar-refractivity contribution in [1.82, 2.24) is 9.88 Å². The summed E-state index contributed by atoms with van der Waals surface area (Å²) in [6.07, 6.45) is 6.28. The molecule has 0 N–H and O–H groups in total. The van der Waals surface area contributed by atoms with Crippen molar-refractivity contribution in [1.29, 1.82) is 0 Å². The van der Waals surface area contributed by atoms with E-state index < -0.39 is 0 Å². The van der Waals surface area contributed by atoms with Gasteiger partial charge in [0.15, 0.2) is 0 Å². The second kappa shape index (κ2) is 8.56. The third-order valence-corrected chi connectivity index (χ3v) is 3.04. The quantitative estimate of drug-likeness (QED) is 0.681. The number of hydrogen-bond acceptors (Lipinski definition) is 3. The summed E-state index contributed by atoms with van der Waals surface area (Å²) in [5.74, 6) is 0.401. The van der Waals surface area contributed by atoms with Gasteiger partial charge in [-0.25, -0.2) is 4.98 Å². The molecule has 0 saturated carbocycles. The first-order valence-corrected chi connectivity index (χ1v) is 7.43. The molecule has 1 aromatic rings. The fourth-order valence-electron chi connectivity index (χ4n) is 1.95. The van der Waals surface area contributed by atoms with Crippen LogP contribution in [0.4, 0.5) is 0 Å². The number of rotatable bonds is 8. The Hall–Kier alpha value is -1.58. The highest BCUT2D eigenvalue weighted by atomic mass is 16.5. The van der Waals surface area contributed by atoms with Crippen molar-refractivity contribution in [3.8, 4) is 5.88 Å². The molecular weight excluding hydrogens is 252 g/mol. The predicted molar refractivity (Wildman–Crippen MR) is 83.2 cm³/mol. The van der Waals surface area contributed by atoms with Gasteiger partial charge in [-0.1, -0.05) is 26.2 Å². The third-order valence-electron chi connectivity index (χ3n) is 3.04. The van der Waals surface area contributed by atoms with Crippen molar-refractivity contribution in [2.45, 2.75) is 52.6 Å². The minimum Gasteiger partial charge on any atom is -0.474 e. The van der Waals surface area contributed by atoms with E-state index in [0.29, 0.717) is 11.4 Å². The summed E-state index contributed by atoms with van der Waals surface area (Å²) in [5, 5.41) is 0. The molecule has 0 saturated heterocycles. The largest absolute Gasteiger partial charge is 0.474 e. The highest BCUT2D eigenvalue weighted by Crippen LogP contribution is 2.18. The van der Waals surface area contributed by atoms with Crippen LogP contribution in [0, 0.1) is 0 Å². The molecule has 1 amide bonds. The smallest absolute Gasteiger partial charge is 0.259 e. The zero-order valence-corrected chi connectivity index (χ0v) is 13.1. The zero-order chi connectivity index (χ0) is 15.0. The van der Waals surface area contributed by atoms with E-state index in [1.807, 2.05) is 20.9 Å². The van der Waals surface area contributed by atoms with Crippen LogP contribution >= 0.6 is 0 Å². The Bertz CT molecular complexity index is 424. The van der Waals surface area contributed by atoms with Crippen LogP contribution in [0.25, 0.3) is 0 Å². The van der Waals surface area contributed by atoms with Gasteiger partial charge in [0.1, 0.15) is 5.56 Å². The summed E-state index contributed by atoms with van der Waals surface area (Å²) < 4.78 is 5.60. The summed E-state index contributed by atoms with van der Waals surface area (Å²) in [5.41, 5.74) is 0.541. The average molecular weight is 281 g/mol. The van der Waals surface area contributed by atoms with E-state index in [1.54, 1.807) is 23.2 Å². The SMILES string of the molecule is CCCCCCN(C)C(=O)c1cccnc1OC(C)C.[2HH]. The summed E-state index contributed by atoms with van der Waals surface area (Å²) >= 11 is 0. The average Bonchev–Trinajstić information content (AvgIpc) is 2.42. The topological polar surface area (TPSA) is 42.4 Å². The fourth-order valence-corrected chi connectivity index (χ4v) is 1.95. The Morgan fingerprint density at radius 1 is 1.40 bits per heavy atom. The molecule has 0 fully saturated rings. The molecule has 0 aromatic carbocycles. The molecular formula is C16H28N2O2.